The number of benzene rings is 3. The predicted molar refractivity (Wildman–Crippen MR) is 142 cm³/mol. The quantitative estimate of drug-likeness (QED) is 0.460. The average molecular weight is 517 g/mol. The third-order valence-corrected chi connectivity index (χ3v) is 7.65. The summed E-state index contributed by atoms with van der Waals surface area (Å²) in [6, 6.07) is 18.8. The average Bonchev–Trinajstić information content (AvgIpc) is 2.95. The van der Waals surface area contributed by atoms with Crippen molar-refractivity contribution in [2.24, 2.45) is 5.92 Å². The van der Waals surface area contributed by atoms with Crippen LogP contribution >= 0.6 is 0 Å². The van der Waals surface area contributed by atoms with Gasteiger partial charge in [-0.15, -0.1) is 0 Å². The van der Waals surface area contributed by atoms with Gasteiger partial charge in [-0.2, -0.15) is 0 Å². The van der Waals surface area contributed by atoms with Crippen LogP contribution in [0.3, 0.4) is 0 Å². The Hall–Kier alpha value is -3.46. The smallest absolute Gasteiger partial charge is 0.261 e. The van der Waals surface area contributed by atoms with Crippen molar-refractivity contribution in [1.29, 1.82) is 0 Å². The van der Waals surface area contributed by atoms with Gasteiger partial charge in [0, 0.05) is 29.6 Å². The third-order valence-electron chi connectivity index (χ3n) is 7.65. The van der Waals surface area contributed by atoms with Crippen LogP contribution in [0, 0.1) is 5.92 Å². The molecule has 6 rings (SSSR count). The Morgan fingerprint density at radius 1 is 0.921 bits per heavy atom. The summed E-state index contributed by atoms with van der Waals surface area (Å²) in [4.78, 5) is 30.1. The number of fused-ring (bicyclic) bond motifs is 1. The minimum Gasteiger partial charge on any atom is -0.486 e. The first-order chi connectivity index (χ1) is 18.6. The topological polar surface area (TPSA) is 88.5 Å². The van der Waals surface area contributed by atoms with Crippen LogP contribution in [0.4, 0.5) is 0 Å². The molecule has 0 bridgehead atoms. The fourth-order valence-corrected chi connectivity index (χ4v) is 5.69. The maximum Gasteiger partial charge on any atom is 0.261 e. The molecule has 3 aromatic carbocycles. The SMILES string of the molecule is O=C1c2cccc3cccc(c23)C(=O)N1CC1CCN(C[C@@H](O)COC[C@@H]2COc3ccccc3O2)CC1. The van der Waals surface area contributed by atoms with Crippen molar-refractivity contribution in [1.82, 2.24) is 9.80 Å². The molecular weight excluding hydrogens is 484 g/mol. The highest BCUT2D eigenvalue weighted by Gasteiger charge is 2.35. The molecule has 1 saturated heterocycles. The van der Waals surface area contributed by atoms with Gasteiger partial charge in [0.1, 0.15) is 6.61 Å². The summed E-state index contributed by atoms with van der Waals surface area (Å²) in [5, 5.41) is 12.2. The molecule has 0 saturated carbocycles. The molecule has 2 amide bonds. The van der Waals surface area contributed by atoms with E-state index in [9.17, 15) is 14.7 Å². The van der Waals surface area contributed by atoms with Gasteiger partial charge < -0.3 is 24.2 Å². The molecule has 1 fully saturated rings. The van der Waals surface area contributed by atoms with Crippen LogP contribution in [-0.4, -0.2) is 84.9 Å². The highest BCUT2D eigenvalue weighted by Crippen LogP contribution is 2.32. The Morgan fingerprint density at radius 3 is 2.32 bits per heavy atom. The number of imide groups is 1. The first-order valence-electron chi connectivity index (χ1n) is 13.3. The number of ether oxygens (including phenoxy) is 3. The van der Waals surface area contributed by atoms with E-state index in [1.165, 1.54) is 4.90 Å². The molecule has 198 valence electrons. The molecule has 0 unspecified atom stereocenters. The summed E-state index contributed by atoms with van der Waals surface area (Å²) in [5.74, 6) is 1.28. The van der Waals surface area contributed by atoms with Crippen molar-refractivity contribution >= 4 is 22.6 Å². The lowest BCUT2D eigenvalue weighted by Crippen LogP contribution is -2.46. The van der Waals surface area contributed by atoms with Crippen LogP contribution < -0.4 is 9.47 Å². The van der Waals surface area contributed by atoms with E-state index in [4.69, 9.17) is 14.2 Å². The lowest BCUT2D eigenvalue weighted by Gasteiger charge is -2.36. The van der Waals surface area contributed by atoms with E-state index in [0.29, 0.717) is 43.2 Å². The molecule has 3 heterocycles. The monoisotopic (exact) mass is 516 g/mol. The molecule has 0 radical (unpaired) electrons. The number of nitrogens with zero attached hydrogens (tertiary/aromatic N) is 2. The van der Waals surface area contributed by atoms with Gasteiger partial charge in [0.25, 0.3) is 11.8 Å². The Balaban J connectivity index is 0.952. The summed E-state index contributed by atoms with van der Waals surface area (Å²) in [6.07, 6.45) is 0.921. The number of carbonyl (C=O) groups excluding carboxylic acids is 2. The normalized spacial score (nSPS) is 20.7. The number of para-hydroxylation sites is 2. The number of rotatable bonds is 8. The molecule has 0 aliphatic carbocycles. The maximum atomic E-state index is 13.2. The third kappa shape index (κ3) is 4.99. The van der Waals surface area contributed by atoms with E-state index in [0.717, 1.165) is 42.5 Å². The van der Waals surface area contributed by atoms with Crippen molar-refractivity contribution in [3.05, 3.63) is 71.8 Å². The van der Waals surface area contributed by atoms with Gasteiger partial charge >= 0.3 is 0 Å². The van der Waals surface area contributed by atoms with E-state index >= 15 is 0 Å². The van der Waals surface area contributed by atoms with Crippen LogP contribution in [0.1, 0.15) is 33.6 Å². The van der Waals surface area contributed by atoms with Gasteiger partial charge in [-0.3, -0.25) is 14.5 Å². The van der Waals surface area contributed by atoms with Crippen molar-refractivity contribution < 1.29 is 28.9 Å². The van der Waals surface area contributed by atoms with Crippen LogP contribution in [0.25, 0.3) is 10.8 Å². The summed E-state index contributed by atoms with van der Waals surface area (Å²) in [5.41, 5.74) is 1.21. The van der Waals surface area contributed by atoms with Gasteiger partial charge in [-0.05, 0) is 61.5 Å². The zero-order chi connectivity index (χ0) is 26.1. The van der Waals surface area contributed by atoms with Gasteiger partial charge in [-0.1, -0.05) is 36.4 Å². The van der Waals surface area contributed by atoms with E-state index in [1.807, 2.05) is 60.7 Å². The maximum absolute atomic E-state index is 13.2. The molecule has 2 atom stereocenters. The van der Waals surface area contributed by atoms with Crippen molar-refractivity contribution in [3.8, 4) is 11.5 Å². The van der Waals surface area contributed by atoms with Crippen molar-refractivity contribution in [3.63, 3.8) is 0 Å². The van der Waals surface area contributed by atoms with Gasteiger partial charge in [-0.25, -0.2) is 0 Å². The van der Waals surface area contributed by atoms with E-state index in [1.54, 1.807) is 0 Å². The zero-order valence-corrected chi connectivity index (χ0v) is 21.3. The second kappa shape index (κ2) is 10.7. The Kier molecular flexibility index (Phi) is 7.02. The second-order valence-electron chi connectivity index (χ2n) is 10.4. The fourth-order valence-electron chi connectivity index (χ4n) is 5.69. The number of aliphatic hydroxyl groups is 1. The molecule has 38 heavy (non-hydrogen) atoms. The molecule has 3 aliphatic heterocycles. The van der Waals surface area contributed by atoms with Crippen LogP contribution in [-0.2, 0) is 4.74 Å². The first-order valence-corrected chi connectivity index (χ1v) is 13.3. The highest BCUT2D eigenvalue weighted by molar-refractivity contribution is 6.25. The standard InChI is InChI=1S/C30H32N2O6/c33-22(17-36-18-23-19-37-26-9-1-2-10-27(26)38-23)16-31-13-11-20(12-14-31)15-32-29(34)24-7-3-5-21-6-4-8-25(28(21)24)30(32)35/h1-10,20,22-23,33H,11-19H2/t22-,23-/m1/s1. The molecule has 0 spiro atoms. The summed E-state index contributed by atoms with van der Waals surface area (Å²) in [7, 11) is 0. The second-order valence-corrected chi connectivity index (χ2v) is 10.4. The van der Waals surface area contributed by atoms with Gasteiger partial charge in [0.15, 0.2) is 17.6 Å². The Morgan fingerprint density at radius 2 is 1.61 bits per heavy atom. The minimum absolute atomic E-state index is 0.202. The Labute approximate surface area is 221 Å². The molecule has 0 aromatic heterocycles. The number of aliphatic hydroxyl groups excluding tert-OH is 1. The van der Waals surface area contributed by atoms with Crippen molar-refractivity contribution in [2.75, 3.05) is 46.0 Å². The fraction of sp³-hybridized carbons (Fsp3) is 0.400. The first kappa shape index (κ1) is 24.9. The minimum atomic E-state index is -0.606. The van der Waals surface area contributed by atoms with Crippen LogP contribution in [0.5, 0.6) is 11.5 Å². The molecule has 1 N–H and O–H groups in total. The van der Waals surface area contributed by atoms with Crippen LogP contribution in [0.15, 0.2) is 60.7 Å². The number of amides is 2. The van der Waals surface area contributed by atoms with Gasteiger partial charge in [0.2, 0.25) is 0 Å². The number of β-amino-alcohol motifs (C(OH)–C–C–N with tert-alkyl or cyclic N) is 1. The van der Waals surface area contributed by atoms with Gasteiger partial charge in [0.05, 0.1) is 19.3 Å². The molecule has 3 aliphatic rings. The predicted octanol–water partition coefficient (Wildman–Crippen LogP) is 3.37. The van der Waals surface area contributed by atoms with E-state index in [-0.39, 0.29) is 30.4 Å². The number of carbonyl (C=O) groups is 2. The summed E-state index contributed by atoms with van der Waals surface area (Å²) in [6.45, 7) is 3.55. The molecule has 3 aromatic rings. The number of hydrogen-bond donors (Lipinski definition) is 1. The highest BCUT2D eigenvalue weighted by atomic mass is 16.6. The zero-order valence-electron chi connectivity index (χ0n) is 21.3. The number of hydrogen-bond acceptors (Lipinski definition) is 7. The summed E-state index contributed by atoms with van der Waals surface area (Å²) >= 11 is 0. The Bertz CT molecular complexity index is 1280. The largest absolute Gasteiger partial charge is 0.486 e. The van der Waals surface area contributed by atoms with E-state index in [2.05, 4.69) is 4.90 Å². The van der Waals surface area contributed by atoms with Crippen molar-refractivity contribution in [2.45, 2.75) is 25.0 Å². The van der Waals surface area contributed by atoms with Crippen LogP contribution in [0.2, 0.25) is 0 Å². The lowest BCUT2D eigenvalue weighted by atomic mass is 9.91. The molecular formula is C30H32N2O6. The summed E-state index contributed by atoms with van der Waals surface area (Å²) < 4.78 is 17.3. The van der Waals surface area contributed by atoms with E-state index < -0.39 is 6.10 Å². The molecule has 8 nitrogen and oxygen atoms in total. The molecule has 8 heteroatoms. The lowest BCUT2D eigenvalue weighted by molar-refractivity contribution is -0.0312. The number of piperidine rings is 1. The number of likely N-dealkylation sites (tertiary alicyclic amines) is 1.